The highest BCUT2D eigenvalue weighted by Gasteiger charge is 2.39. The van der Waals surface area contributed by atoms with Gasteiger partial charge in [0.2, 0.25) is 5.91 Å². The van der Waals surface area contributed by atoms with E-state index in [2.05, 4.69) is 0 Å². The molecule has 6 nitrogen and oxygen atoms in total. The van der Waals surface area contributed by atoms with Crippen LogP contribution in [0.4, 0.5) is 0 Å². The fourth-order valence-corrected chi connectivity index (χ4v) is 1.97. The number of methoxy groups -OCH3 is 1. The fraction of sp³-hybridized carbons (Fsp3) is 0.818. The molecule has 3 N–H and O–H groups in total. The highest BCUT2D eigenvalue weighted by atomic mass is 16.5. The Bertz CT molecular complexity index is 293. The number of carboxylic acids is 1. The topological polar surface area (TPSA) is 92.9 Å². The van der Waals surface area contributed by atoms with Crippen molar-refractivity contribution in [1.29, 1.82) is 0 Å². The van der Waals surface area contributed by atoms with E-state index in [0.717, 1.165) is 0 Å². The van der Waals surface area contributed by atoms with Crippen LogP contribution in [-0.4, -0.2) is 53.7 Å². The minimum atomic E-state index is -0.973. The van der Waals surface area contributed by atoms with Crippen molar-refractivity contribution in [3.05, 3.63) is 0 Å². The average Bonchev–Trinajstić information content (AvgIpc) is 2.69. The van der Waals surface area contributed by atoms with Crippen molar-refractivity contribution in [3.63, 3.8) is 0 Å². The van der Waals surface area contributed by atoms with Gasteiger partial charge in [-0.25, -0.2) is 4.79 Å². The number of carbonyl (C=O) groups excluding carboxylic acids is 1. The van der Waals surface area contributed by atoms with Crippen molar-refractivity contribution in [1.82, 2.24) is 4.90 Å². The first-order valence-corrected chi connectivity index (χ1v) is 5.76. The summed E-state index contributed by atoms with van der Waals surface area (Å²) in [5.41, 5.74) is 5.58. The van der Waals surface area contributed by atoms with Crippen LogP contribution in [0.1, 0.15) is 26.2 Å². The second kappa shape index (κ2) is 5.97. The van der Waals surface area contributed by atoms with E-state index < -0.39 is 12.0 Å². The van der Waals surface area contributed by atoms with Gasteiger partial charge in [-0.15, -0.1) is 0 Å². The summed E-state index contributed by atoms with van der Waals surface area (Å²) in [6.07, 6.45) is 1.03. The molecule has 1 aliphatic heterocycles. The van der Waals surface area contributed by atoms with Crippen molar-refractivity contribution < 1.29 is 19.4 Å². The van der Waals surface area contributed by atoms with Crippen LogP contribution in [0.25, 0.3) is 0 Å². The van der Waals surface area contributed by atoms with E-state index in [-0.39, 0.29) is 24.5 Å². The molecule has 0 aromatic heterocycles. The zero-order valence-electron chi connectivity index (χ0n) is 10.3. The van der Waals surface area contributed by atoms with Crippen LogP contribution in [0.3, 0.4) is 0 Å². The molecule has 98 valence electrons. The highest BCUT2D eigenvalue weighted by Crippen LogP contribution is 2.21. The van der Waals surface area contributed by atoms with Crippen LogP contribution in [0, 0.1) is 0 Å². The summed E-state index contributed by atoms with van der Waals surface area (Å²) in [4.78, 5) is 24.3. The number of likely N-dealkylation sites (tertiary alicyclic amines) is 1. The smallest absolute Gasteiger partial charge is 0.326 e. The molecule has 0 bridgehead atoms. The zero-order valence-corrected chi connectivity index (χ0v) is 10.3. The summed E-state index contributed by atoms with van der Waals surface area (Å²) in [7, 11) is 1.53. The number of carboxylic acid groups (broad SMARTS) is 1. The number of aliphatic carboxylic acids is 1. The monoisotopic (exact) mass is 244 g/mol. The molecule has 0 aliphatic carbocycles. The first kappa shape index (κ1) is 13.9. The Morgan fingerprint density at radius 2 is 2.24 bits per heavy atom. The Hall–Kier alpha value is -1.14. The van der Waals surface area contributed by atoms with Gasteiger partial charge in [-0.3, -0.25) is 4.79 Å². The number of nitrogens with zero attached hydrogens (tertiary/aromatic N) is 1. The predicted octanol–water partition coefficient (Wildman–Crippen LogP) is -0.186. The first-order valence-electron chi connectivity index (χ1n) is 5.76. The molecule has 1 aliphatic rings. The van der Waals surface area contributed by atoms with Gasteiger partial charge in [0.25, 0.3) is 0 Å². The van der Waals surface area contributed by atoms with Crippen LogP contribution >= 0.6 is 0 Å². The Morgan fingerprint density at radius 3 is 2.71 bits per heavy atom. The molecule has 0 aromatic rings. The van der Waals surface area contributed by atoms with Crippen LogP contribution in [0.15, 0.2) is 0 Å². The molecule has 0 saturated carbocycles. The normalized spacial score (nSPS) is 25.9. The Balaban J connectivity index is 2.60. The number of carbonyl (C=O) groups is 2. The third-order valence-corrected chi connectivity index (χ3v) is 3.01. The van der Waals surface area contributed by atoms with Crippen LogP contribution in [0.5, 0.6) is 0 Å². The van der Waals surface area contributed by atoms with E-state index in [1.165, 1.54) is 12.0 Å². The Labute approximate surface area is 101 Å². The van der Waals surface area contributed by atoms with Crippen LogP contribution < -0.4 is 5.73 Å². The average molecular weight is 244 g/mol. The van der Waals surface area contributed by atoms with Gasteiger partial charge in [-0.1, -0.05) is 0 Å². The van der Waals surface area contributed by atoms with Gasteiger partial charge < -0.3 is 20.5 Å². The molecule has 17 heavy (non-hydrogen) atoms. The molecule has 1 heterocycles. The fourth-order valence-electron chi connectivity index (χ4n) is 1.97. The molecule has 6 heteroatoms. The van der Waals surface area contributed by atoms with Crippen molar-refractivity contribution >= 4 is 11.9 Å². The lowest BCUT2D eigenvalue weighted by Crippen LogP contribution is -2.41. The molecule has 1 fully saturated rings. The largest absolute Gasteiger partial charge is 0.480 e. The van der Waals surface area contributed by atoms with Gasteiger partial charge in [0.15, 0.2) is 0 Å². The quantitative estimate of drug-likeness (QED) is 0.699. The van der Waals surface area contributed by atoms with E-state index in [1.54, 1.807) is 0 Å². The van der Waals surface area contributed by atoms with Gasteiger partial charge in [-0.05, 0) is 13.3 Å². The summed E-state index contributed by atoms with van der Waals surface area (Å²) in [6.45, 7) is 2.18. The van der Waals surface area contributed by atoms with Gasteiger partial charge >= 0.3 is 5.97 Å². The predicted molar refractivity (Wildman–Crippen MR) is 61.4 cm³/mol. The van der Waals surface area contributed by atoms with Gasteiger partial charge in [0.1, 0.15) is 6.04 Å². The van der Waals surface area contributed by atoms with Crippen LogP contribution in [-0.2, 0) is 14.3 Å². The van der Waals surface area contributed by atoms with E-state index >= 15 is 0 Å². The van der Waals surface area contributed by atoms with E-state index in [4.69, 9.17) is 15.6 Å². The number of amides is 1. The molecular weight excluding hydrogens is 224 g/mol. The third-order valence-electron chi connectivity index (χ3n) is 3.01. The SMILES string of the molecule is COC1CC(C(=O)O)N(C(=O)CCC(C)N)C1. The number of nitrogens with two attached hydrogens (primary N) is 1. The number of hydrogen-bond acceptors (Lipinski definition) is 4. The molecule has 1 saturated heterocycles. The molecule has 0 aromatic carbocycles. The van der Waals surface area contributed by atoms with E-state index in [0.29, 0.717) is 19.4 Å². The lowest BCUT2D eigenvalue weighted by atomic mass is 10.1. The maximum atomic E-state index is 11.9. The summed E-state index contributed by atoms with van der Waals surface area (Å²) in [5.74, 6) is -1.13. The lowest BCUT2D eigenvalue weighted by Gasteiger charge is -2.21. The molecule has 0 radical (unpaired) electrons. The second-order valence-electron chi connectivity index (χ2n) is 4.51. The minimum Gasteiger partial charge on any atom is -0.480 e. The molecule has 1 rings (SSSR count). The molecule has 1 amide bonds. The van der Waals surface area contributed by atoms with E-state index in [9.17, 15) is 9.59 Å². The van der Waals surface area contributed by atoms with Gasteiger partial charge in [0, 0.05) is 32.5 Å². The summed E-state index contributed by atoms with van der Waals surface area (Å²) >= 11 is 0. The van der Waals surface area contributed by atoms with Crippen molar-refractivity contribution in [2.75, 3.05) is 13.7 Å². The highest BCUT2D eigenvalue weighted by molar-refractivity contribution is 5.84. The Kier molecular flexibility index (Phi) is 4.89. The number of rotatable bonds is 5. The molecular formula is C11H20N2O4. The molecule has 0 spiro atoms. The Morgan fingerprint density at radius 1 is 1.59 bits per heavy atom. The second-order valence-corrected chi connectivity index (χ2v) is 4.51. The lowest BCUT2D eigenvalue weighted by molar-refractivity contribution is -0.148. The van der Waals surface area contributed by atoms with Gasteiger partial charge in [-0.2, -0.15) is 0 Å². The summed E-state index contributed by atoms with van der Waals surface area (Å²) in [5, 5.41) is 9.05. The number of ether oxygens (including phenoxy) is 1. The zero-order chi connectivity index (χ0) is 13.0. The van der Waals surface area contributed by atoms with Crippen molar-refractivity contribution in [2.24, 2.45) is 5.73 Å². The summed E-state index contributed by atoms with van der Waals surface area (Å²) < 4.78 is 5.12. The maximum Gasteiger partial charge on any atom is 0.326 e. The number of hydrogen-bond donors (Lipinski definition) is 2. The molecule has 3 atom stereocenters. The van der Waals surface area contributed by atoms with Crippen molar-refractivity contribution in [3.8, 4) is 0 Å². The van der Waals surface area contributed by atoms with Crippen LogP contribution in [0.2, 0.25) is 0 Å². The summed E-state index contributed by atoms with van der Waals surface area (Å²) in [6, 6.07) is -0.816. The molecule has 3 unspecified atom stereocenters. The van der Waals surface area contributed by atoms with Crippen molar-refractivity contribution in [2.45, 2.75) is 44.4 Å². The standard InChI is InChI=1S/C11H20N2O4/c1-7(12)3-4-10(14)13-6-8(17-2)5-9(13)11(15)16/h7-9H,3-6,12H2,1-2H3,(H,15,16). The minimum absolute atomic E-state index is 0.0527. The van der Waals surface area contributed by atoms with E-state index in [1.807, 2.05) is 6.92 Å². The third kappa shape index (κ3) is 3.67. The van der Waals surface area contributed by atoms with Gasteiger partial charge in [0.05, 0.1) is 6.10 Å². The maximum absolute atomic E-state index is 11.9. The first-order chi connectivity index (χ1) is 7.95.